The first-order valence-electron chi connectivity index (χ1n) is 11.0. The van der Waals surface area contributed by atoms with E-state index in [0.717, 1.165) is 22.6 Å². The number of carboxylic acids is 1. The summed E-state index contributed by atoms with van der Waals surface area (Å²) in [5.74, 6) is 1.09. The van der Waals surface area contributed by atoms with Crippen molar-refractivity contribution >= 4 is 5.97 Å². The number of ether oxygens (including phenoxy) is 2. The normalized spacial score (nSPS) is 13.8. The Morgan fingerprint density at radius 3 is 2.27 bits per heavy atom. The topological polar surface area (TPSA) is 81.8 Å². The van der Waals surface area contributed by atoms with E-state index < -0.39 is 11.6 Å². The van der Waals surface area contributed by atoms with Gasteiger partial charge >= 0.3 is 5.97 Å². The molecule has 0 unspecified atom stereocenters. The van der Waals surface area contributed by atoms with Gasteiger partial charge < -0.3 is 19.0 Å². The second-order valence-electron chi connectivity index (χ2n) is 8.37. The van der Waals surface area contributed by atoms with Gasteiger partial charge in [-0.15, -0.1) is 0 Å². The number of rotatable bonds is 9. The highest BCUT2D eigenvalue weighted by molar-refractivity contribution is 5.76. The first kappa shape index (κ1) is 22.4. The lowest BCUT2D eigenvalue weighted by molar-refractivity contribution is -0.157. The summed E-state index contributed by atoms with van der Waals surface area (Å²) in [7, 11) is 0. The molecule has 0 bridgehead atoms. The molecule has 1 aliphatic rings. The van der Waals surface area contributed by atoms with Crippen molar-refractivity contribution in [2.75, 3.05) is 6.61 Å². The number of allylic oxidation sites excluding steroid dienone is 4. The summed E-state index contributed by atoms with van der Waals surface area (Å²) in [5.41, 5.74) is 2.83. The Kier molecular flexibility index (Phi) is 6.63. The van der Waals surface area contributed by atoms with Gasteiger partial charge in [-0.25, -0.2) is 9.78 Å². The van der Waals surface area contributed by atoms with Gasteiger partial charge in [0.05, 0.1) is 23.8 Å². The van der Waals surface area contributed by atoms with Crippen molar-refractivity contribution in [3.63, 3.8) is 0 Å². The van der Waals surface area contributed by atoms with E-state index in [1.165, 1.54) is 19.4 Å². The van der Waals surface area contributed by atoms with Gasteiger partial charge in [0.15, 0.2) is 5.60 Å². The molecule has 6 nitrogen and oxygen atoms in total. The number of benzene rings is 2. The van der Waals surface area contributed by atoms with Crippen molar-refractivity contribution in [2.45, 2.75) is 38.7 Å². The summed E-state index contributed by atoms with van der Waals surface area (Å²) >= 11 is 0. The molecule has 0 saturated carbocycles. The highest BCUT2D eigenvalue weighted by Gasteiger charge is 2.30. The van der Waals surface area contributed by atoms with Crippen molar-refractivity contribution in [3.05, 3.63) is 90.2 Å². The SMILES string of the molecule is CC(C)(OC1=CC=C(OCCc2coc(-c3ccc(-c4ccccc4)cc3)n2)CC1)C(=O)O. The fraction of sp³-hybridized carbons (Fsp3) is 0.259. The molecule has 6 heteroatoms. The minimum atomic E-state index is -1.25. The van der Waals surface area contributed by atoms with Crippen LogP contribution < -0.4 is 0 Å². The molecule has 1 heterocycles. The molecule has 0 aliphatic heterocycles. The van der Waals surface area contributed by atoms with E-state index in [2.05, 4.69) is 29.2 Å². The van der Waals surface area contributed by atoms with E-state index in [4.69, 9.17) is 13.9 Å². The van der Waals surface area contributed by atoms with Gasteiger partial charge in [0, 0.05) is 24.8 Å². The van der Waals surface area contributed by atoms with Crippen LogP contribution in [0.25, 0.3) is 22.6 Å². The van der Waals surface area contributed by atoms with Gasteiger partial charge in [0.2, 0.25) is 5.89 Å². The second-order valence-corrected chi connectivity index (χ2v) is 8.37. The number of carbonyl (C=O) groups is 1. The van der Waals surface area contributed by atoms with Gasteiger partial charge in [-0.1, -0.05) is 42.5 Å². The lowest BCUT2D eigenvalue weighted by Crippen LogP contribution is -2.34. The van der Waals surface area contributed by atoms with Crippen LogP contribution in [0.5, 0.6) is 0 Å². The number of aromatic nitrogens is 1. The van der Waals surface area contributed by atoms with Gasteiger partial charge in [0.25, 0.3) is 0 Å². The maximum atomic E-state index is 11.2. The third-order valence-corrected chi connectivity index (χ3v) is 5.41. The maximum Gasteiger partial charge on any atom is 0.347 e. The third-order valence-electron chi connectivity index (χ3n) is 5.41. The Labute approximate surface area is 193 Å². The van der Waals surface area contributed by atoms with E-state index in [9.17, 15) is 9.90 Å². The lowest BCUT2D eigenvalue weighted by atomic mass is 10.0. The van der Waals surface area contributed by atoms with Crippen LogP contribution >= 0.6 is 0 Å². The minimum Gasteiger partial charge on any atom is -0.498 e. The van der Waals surface area contributed by atoms with Crippen LogP contribution in [0.1, 0.15) is 32.4 Å². The Morgan fingerprint density at radius 1 is 0.970 bits per heavy atom. The van der Waals surface area contributed by atoms with Crippen LogP contribution in [0.2, 0.25) is 0 Å². The Bertz CT molecular complexity index is 1160. The number of hydrogen-bond donors (Lipinski definition) is 1. The number of hydrogen-bond acceptors (Lipinski definition) is 5. The predicted molar refractivity (Wildman–Crippen MR) is 125 cm³/mol. The highest BCUT2D eigenvalue weighted by atomic mass is 16.5. The molecule has 0 saturated heterocycles. The number of nitrogens with zero attached hydrogens (tertiary/aromatic N) is 1. The summed E-state index contributed by atoms with van der Waals surface area (Å²) in [4.78, 5) is 15.8. The maximum absolute atomic E-state index is 11.2. The lowest BCUT2D eigenvalue weighted by Gasteiger charge is -2.25. The molecule has 1 N–H and O–H groups in total. The van der Waals surface area contributed by atoms with Crippen LogP contribution in [-0.4, -0.2) is 28.3 Å². The molecule has 0 atom stereocenters. The largest absolute Gasteiger partial charge is 0.498 e. The van der Waals surface area contributed by atoms with E-state index in [0.29, 0.717) is 37.5 Å². The second kappa shape index (κ2) is 9.77. The standard InChI is InChI=1S/C27H27NO5/c1-27(2,26(29)30)33-24-14-12-23(13-15-24)31-17-16-22-18-32-25(28-22)21-10-8-20(9-11-21)19-6-4-3-5-7-19/h3-12,14,18H,13,15-17H2,1-2H3,(H,29,30). The average Bonchev–Trinajstić information content (AvgIpc) is 3.29. The van der Waals surface area contributed by atoms with Gasteiger partial charge in [-0.05, 0) is 49.3 Å². The Hall–Kier alpha value is -3.80. The summed E-state index contributed by atoms with van der Waals surface area (Å²) in [6.45, 7) is 3.56. The average molecular weight is 446 g/mol. The summed E-state index contributed by atoms with van der Waals surface area (Å²) < 4.78 is 17.1. The Morgan fingerprint density at radius 2 is 1.61 bits per heavy atom. The molecule has 1 aromatic heterocycles. The van der Waals surface area contributed by atoms with Crippen LogP contribution in [0.3, 0.4) is 0 Å². The molecule has 170 valence electrons. The van der Waals surface area contributed by atoms with Crippen molar-refractivity contribution in [1.82, 2.24) is 4.98 Å². The Balaban J connectivity index is 1.29. The summed E-state index contributed by atoms with van der Waals surface area (Å²) in [6, 6.07) is 18.4. The van der Waals surface area contributed by atoms with Gasteiger partial charge in [0.1, 0.15) is 6.26 Å². The van der Waals surface area contributed by atoms with Crippen molar-refractivity contribution in [3.8, 4) is 22.6 Å². The first-order chi connectivity index (χ1) is 15.9. The van der Waals surface area contributed by atoms with E-state index in [1.54, 1.807) is 12.3 Å². The van der Waals surface area contributed by atoms with Crippen LogP contribution in [0.4, 0.5) is 0 Å². The van der Waals surface area contributed by atoms with E-state index in [1.807, 2.05) is 36.4 Å². The predicted octanol–water partition coefficient (Wildman–Crippen LogP) is 6.01. The van der Waals surface area contributed by atoms with Crippen molar-refractivity contribution < 1.29 is 23.8 Å². The summed E-state index contributed by atoms with van der Waals surface area (Å²) in [6.07, 6.45) is 7.17. The van der Waals surface area contributed by atoms with Crippen LogP contribution in [0, 0.1) is 0 Å². The molecule has 1 aliphatic carbocycles. The van der Waals surface area contributed by atoms with E-state index in [-0.39, 0.29) is 0 Å². The van der Waals surface area contributed by atoms with E-state index >= 15 is 0 Å². The third kappa shape index (κ3) is 5.71. The van der Waals surface area contributed by atoms with Crippen LogP contribution in [0.15, 0.2) is 88.9 Å². The number of carboxylic acid groups (broad SMARTS) is 1. The van der Waals surface area contributed by atoms with Gasteiger partial charge in [-0.3, -0.25) is 0 Å². The number of oxazole rings is 1. The van der Waals surface area contributed by atoms with Crippen molar-refractivity contribution in [1.29, 1.82) is 0 Å². The quantitative estimate of drug-likeness (QED) is 0.434. The molecule has 0 amide bonds. The molecule has 3 aromatic rings. The minimum absolute atomic E-state index is 0.482. The first-order valence-corrected chi connectivity index (χ1v) is 11.0. The molecule has 2 aromatic carbocycles. The fourth-order valence-corrected chi connectivity index (χ4v) is 3.45. The molecule has 4 rings (SSSR count). The number of aliphatic carboxylic acids is 1. The molecule has 33 heavy (non-hydrogen) atoms. The molecule has 0 spiro atoms. The smallest absolute Gasteiger partial charge is 0.347 e. The molecular formula is C27H27NO5. The van der Waals surface area contributed by atoms with Gasteiger partial charge in [-0.2, -0.15) is 0 Å². The zero-order valence-corrected chi connectivity index (χ0v) is 18.8. The fourth-order valence-electron chi connectivity index (χ4n) is 3.45. The van der Waals surface area contributed by atoms with Crippen molar-refractivity contribution in [2.24, 2.45) is 0 Å². The van der Waals surface area contributed by atoms with Crippen LogP contribution in [-0.2, 0) is 20.7 Å². The zero-order chi connectivity index (χ0) is 23.3. The molecule has 0 radical (unpaired) electrons. The highest BCUT2D eigenvalue weighted by Crippen LogP contribution is 2.26. The molecular weight excluding hydrogens is 418 g/mol. The summed E-state index contributed by atoms with van der Waals surface area (Å²) in [5, 5.41) is 9.18. The zero-order valence-electron chi connectivity index (χ0n) is 18.8. The monoisotopic (exact) mass is 445 g/mol. The molecule has 0 fully saturated rings.